The first-order valence-corrected chi connectivity index (χ1v) is 6.60. The molecule has 2 nitrogen and oxygen atoms in total. The van der Waals surface area contributed by atoms with E-state index in [4.69, 9.17) is 4.84 Å². The highest BCUT2D eigenvalue weighted by atomic mass is 16.6. The predicted molar refractivity (Wildman–Crippen MR) is 77.5 cm³/mol. The summed E-state index contributed by atoms with van der Waals surface area (Å²) in [4.78, 5) is 5.01. The van der Waals surface area contributed by atoms with Gasteiger partial charge in [0.05, 0.1) is 5.71 Å². The second-order valence-electron chi connectivity index (χ2n) is 4.88. The van der Waals surface area contributed by atoms with E-state index in [0.29, 0.717) is 5.92 Å². The maximum absolute atomic E-state index is 5.01. The number of hydrogen-bond acceptors (Lipinski definition) is 2. The molecule has 0 amide bonds. The molecule has 2 aromatic rings. The van der Waals surface area contributed by atoms with Crippen LogP contribution in [0.15, 0.2) is 59.8 Å². The van der Waals surface area contributed by atoms with Crippen LogP contribution in [0.2, 0.25) is 0 Å². The molecule has 0 fully saturated rings. The summed E-state index contributed by atoms with van der Waals surface area (Å²) in [6.45, 7) is 0. The fourth-order valence-electron chi connectivity index (χ4n) is 2.82. The van der Waals surface area contributed by atoms with Crippen molar-refractivity contribution in [2.75, 3.05) is 7.11 Å². The lowest BCUT2D eigenvalue weighted by Gasteiger charge is -2.12. The monoisotopic (exact) mass is 251 g/mol. The molecule has 0 N–H and O–H groups in total. The van der Waals surface area contributed by atoms with Gasteiger partial charge >= 0.3 is 0 Å². The van der Waals surface area contributed by atoms with E-state index in [2.05, 4.69) is 59.8 Å². The van der Waals surface area contributed by atoms with Crippen LogP contribution < -0.4 is 0 Å². The molecule has 96 valence electrons. The standard InChI is InChI=1S/C17H17NO/c1-19-18-17-12-14-9-5-6-10-15(14)16(17)11-13-7-3-2-4-8-13/h2-10,16H,11-12H2,1H3/b18-17+. The Bertz CT molecular complexity index is 589. The molecule has 0 radical (unpaired) electrons. The zero-order valence-corrected chi connectivity index (χ0v) is 11.0. The highest BCUT2D eigenvalue weighted by molar-refractivity contribution is 5.96. The minimum absolute atomic E-state index is 0.346. The maximum Gasteiger partial charge on any atom is 0.106 e. The van der Waals surface area contributed by atoms with E-state index in [9.17, 15) is 0 Å². The molecule has 2 heteroatoms. The third-order valence-corrected chi connectivity index (χ3v) is 3.70. The summed E-state index contributed by atoms with van der Waals surface area (Å²) in [6, 6.07) is 19.2. The van der Waals surface area contributed by atoms with Crippen LogP contribution in [0.3, 0.4) is 0 Å². The highest BCUT2D eigenvalue weighted by Crippen LogP contribution is 2.33. The van der Waals surface area contributed by atoms with Gasteiger partial charge in [-0.3, -0.25) is 0 Å². The van der Waals surface area contributed by atoms with Crippen LogP contribution in [0.1, 0.15) is 22.6 Å². The van der Waals surface area contributed by atoms with E-state index < -0.39 is 0 Å². The zero-order chi connectivity index (χ0) is 13.1. The molecule has 0 saturated heterocycles. The maximum atomic E-state index is 5.01. The molecular weight excluding hydrogens is 234 g/mol. The van der Waals surface area contributed by atoms with Crippen LogP contribution in [-0.4, -0.2) is 12.8 Å². The van der Waals surface area contributed by atoms with Gasteiger partial charge < -0.3 is 4.84 Å². The quantitative estimate of drug-likeness (QED) is 0.764. The van der Waals surface area contributed by atoms with Crippen molar-refractivity contribution in [3.63, 3.8) is 0 Å². The normalized spacial score (nSPS) is 19.4. The summed E-state index contributed by atoms with van der Waals surface area (Å²) >= 11 is 0. The minimum atomic E-state index is 0.346. The Morgan fingerprint density at radius 3 is 2.58 bits per heavy atom. The molecule has 0 bridgehead atoms. The van der Waals surface area contributed by atoms with Gasteiger partial charge in [0.1, 0.15) is 7.11 Å². The molecule has 2 aromatic carbocycles. The van der Waals surface area contributed by atoms with E-state index in [1.54, 1.807) is 7.11 Å². The van der Waals surface area contributed by atoms with E-state index in [1.165, 1.54) is 16.7 Å². The lowest BCUT2D eigenvalue weighted by molar-refractivity contribution is 0.211. The SMILES string of the molecule is CO/N=C1\Cc2ccccc2C1Cc1ccccc1. The van der Waals surface area contributed by atoms with Gasteiger partial charge in [-0.2, -0.15) is 0 Å². The topological polar surface area (TPSA) is 21.6 Å². The van der Waals surface area contributed by atoms with Crippen molar-refractivity contribution < 1.29 is 4.84 Å². The average Bonchev–Trinajstić information content (AvgIpc) is 2.79. The first-order chi connectivity index (χ1) is 9.38. The summed E-state index contributed by atoms with van der Waals surface area (Å²) in [6.07, 6.45) is 1.89. The minimum Gasteiger partial charge on any atom is -0.399 e. The van der Waals surface area contributed by atoms with E-state index >= 15 is 0 Å². The number of benzene rings is 2. The Labute approximate surface area is 113 Å². The van der Waals surface area contributed by atoms with E-state index in [1.807, 2.05) is 0 Å². The number of oxime groups is 1. The predicted octanol–water partition coefficient (Wildman–Crippen LogP) is 3.57. The largest absolute Gasteiger partial charge is 0.399 e. The lowest BCUT2D eigenvalue weighted by atomic mass is 9.93. The summed E-state index contributed by atoms with van der Waals surface area (Å²) < 4.78 is 0. The molecule has 0 saturated carbocycles. The Morgan fingerprint density at radius 1 is 1.05 bits per heavy atom. The molecular formula is C17H17NO. The van der Waals surface area contributed by atoms with Crippen LogP contribution in [-0.2, 0) is 17.7 Å². The van der Waals surface area contributed by atoms with Gasteiger partial charge in [-0.05, 0) is 23.1 Å². The van der Waals surface area contributed by atoms with Gasteiger partial charge in [-0.1, -0.05) is 59.8 Å². The molecule has 0 spiro atoms. The van der Waals surface area contributed by atoms with Crippen molar-refractivity contribution in [1.29, 1.82) is 0 Å². The Hall–Kier alpha value is -2.09. The fourth-order valence-corrected chi connectivity index (χ4v) is 2.82. The molecule has 1 atom stereocenters. The molecule has 1 aliphatic carbocycles. The second-order valence-corrected chi connectivity index (χ2v) is 4.88. The number of nitrogens with zero attached hydrogens (tertiary/aromatic N) is 1. The van der Waals surface area contributed by atoms with E-state index in [0.717, 1.165) is 18.6 Å². The molecule has 19 heavy (non-hydrogen) atoms. The van der Waals surface area contributed by atoms with Gasteiger partial charge in [0.2, 0.25) is 0 Å². The number of rotatable bonds is 3. The van der Waals surface area contributed by atoms with Crippen LogP contribution in [0.4, 0.5) is 0 Å². The van der Waals surface area contributed by atoms with Crippen molar-refractivity contribution in [2.45, 2.75) is 18.8 Å². The fraction of sp³-hybridized carbons (Fsp3) is 0.235. The Kier molecular flexibility index (Phi) is 3.32. The highest BCUT2D eigenvalue weighted by Gasteiger charge is 2.29. The van der Waals surface area contributed by atoms with Crippen molar-refractivity contribution in [1.82, 2.24) is 0 Å². The Balaban J connectivity index is 1.94. The van der Waals surface area contributed by atoms with Crippen LogP contribution in [0.5, 0.6) is 0 Å². The third kappa shape index (κ3) is 2.39. The van der Waals surface area contributed by atoms with Gasteiger partial charge in [0, 0.05) is 12.3 Å². The number of fused-ring (bicyclic) bond motifs is 1. The average molecular weight is 251 g/mol. The van der Waals surface area contributed by atoms with Gasteiger partial charge in [-0.15, -0.1) is 0 Å². The lowest BCUT2D eigenvalue weighted by Crippen LogP contribution is -2.10. The van der Waals surface area contributed by atoms with Crippen molar-refractivity contribution >= 4 is 5.71 Å². The molecule has 0 aliphatic heterocycles. The zero-order valence-electron chi connectivity index (χ0n) is 11.0. The second kappa shape index (κ2) is 5.27. The summed E-state index contributed by atoms with van der Waals surface area (Å²) in [7, 11) is 1.62. The van der Waals surface area contributed by atoms with Crippen molar-refractivity contribution in [2.24, 2.45) is 5.16 Å². The molecule has 0 heterocycles. The summed E-state index contributed by atoms with van der Waals surface area (Å²) in [5.41, 5.74) is 5.24. The summed E-state index contributed by atoms with van der Waals surface area (Å²) in [5, 5.41) is 4.23. The van der Waals surface area contributed by atoms with Gasteiger partial charge in [-0.25, -0.2) is 0 Å². The van der Waals surface area contributed by atoms with Crippen LogP contribution >= 0.6 is 0 Å². The molecule has 0 aromatic heterocycles. The van der Waals surface area contributed by atoms with Crippen LogP contribution in [0, 0.1) is 0 Å². The smallest absolute Gasteiger partial charge is 0.106 e. The molecule has 1 unspecified atom stereocenters. The molecule has 3 rings (SSSR count). The first-order valence-electron chi connectivity index (χ1n) is 6.60. The van der Waals surface area contributed by atoms with Crippen molar-refractivity contribution in [3.8, 4) is 0 Å². The van der Waals surface area contributed by atoms with Crippen LogP contribution in [0.25, 0.3) is 0 Å². The van der Waals surface area contributed by atoms with Gasteiger partial charge in [0.15, 0.2) is 0 Å². The first kappa shape index (κ1) is 12.0. The van der Waals surface area contributed by atoms with Gasteiger partial charge in [0.25, 0.3) is 0 Å². The third-order valence-electron chi connectivity index (χ3n) is 3.70. The summed E-state index contributed by atoms with van der Waals surface area (Å²) in [5.74, 6) is 0.346. The number of hydrogen-bond donors (Lipinski definition) is 0. The molecule has 1 aliphatic rings. The Morgan fingerprint density at radius 2 is 1.79 bits per heavy atom. The van der Waals surface area contributed by atoms with E-state index in [-0.39, 0.29) is 0 Å². The van der Waals surface area contributed by atoms with Crippen molar-refractivity contribution in [3.05, 3.63) is 71.3 Å².